The summed E-state index contributed by atoms with van der Waals surface area (Å²) in [6.07, 6.45) is 0.943. The van der Waals surface area contributed by atoms with E-state index in [1.165, 1.54) is 24.3 Å². The number of fused-ring (bicyclic) bond motifs is 1. The second kappa shape index (κ2) is 4.52. The second-order valence-electron chi connectivity index (χ2n) is 4.83. The van der Waals surface area contributed by atoms with E-state index in [9.17, 15) is 20.4 Å². The van der Waals surface area contributed by atoms with Crippen LogP contribution in [0.4, 0.5) is 0 Å². The molecule has 0 aromatic heterocycles. The van der Waals surface area contributed by atoms with Crippen molar-refractivity contribution >= 4 is 0 Å². The Morgan fingerprint density at radius 1 is 0.900 bits per heavy atom. The molecule has 104 valence electrons. The highest BCUT2D eigenvalue weighted by atomic mass is 16.5. The van der Waals surface area contributed by atoms with E-state index < -0.39 is 0 Å². The first kappa shape index (κ1) is 12.5. The molecule has 1 atom stereocenters. The topological polar surface area (TPSA) is 90.2 Å². The summed E-state index contributed by atoms with van der Waals surface area (Å²) in [4.78, 5) is 0. The molecule has 1 aliphatic heterocycles. The smallest absolute Gasteiger partial charge is 0.157 e. The Balaban J connectivity index is 1.93. The van der Waals surface area contributed by atoms with Gasteiger partial charge < -0.3 is 25.2 Å². The third kappa shape index (κ3) is 2.07. The van der Waals surface area contributed by atoms with Gasteiger partial charge in [-0.2, -0.15) is 0 Å². The quantitative estimate of drug-likeness (QED) is 0.600. The van der Waals surface area contributed by atoms with Crippen molar-refractivity contribution in [2.45, 2.75) is 18.9 Å². The summed E-state index contributed by atoms with van der Waals surface area (Å²) in [5, 5.41) is 38.1. The van der Waals surface area contributed by atoms with Crippen LogP contribution < -0.4 is 4.74 Å². The highest BCUT2D eigenvalue weighted by molar-refractivity contribution is 5.51. The molecule has 4 N–H and O–H groups in total. The lowest BCUT2D eigenvalue weighted by Gasteiger charge is -2.27. The van der Waals surface area contributed by atoms with Crippen LogP contribution in [0.3, 0.4) is 0 Å². The fourth-order valence-electron chi connectivity index (χ4n) is 2.44. The van der Waals surface area contributed by atoms with Gasteiger partial charge in [0.15, 0.2) is 11.5 Å². The normalized spacial score (nSPS) is 17.3. The van der Waals surface area contributed by atoms with Gasteiger partial charge in [-0.15, -0.1) is 0 Å². The molecule has 0 saturated carbocycles. The number of rotatable bonds is 1. The third-order valence-corrected chi connectivity index (χ3v) is 3.47. The van der Waals surface area contributed by atoms with E-state index in [0.717, 1.165) is 5.56 Å². The van der Waals surface area contributed by atoms with Crippen LogP contribution >= 0.6 is 0 Å². The van der Waals surface area contributed by atoms with E-state index in [1.807, 2.05) is 0 Å². The molecule has 1 aliphatic rings. The van der Waals surface area contributed by atoms with Gasteiger partial charge in [0.1, 0.15) is 23.4 Å². The van der Waals surface area contributed by atoms with Crippen molar-refractivity contribution in [1.82, 2.24) is 0 Å². The highest BCUT2D eigenvalue weighted by Gasteiger charge is 2.24. The first-order chi connectivity index (χ1) is 9.54. The van der Waals surface area contributed by atoms with E-state index in [0.29, 0.717) is 24.2 Å². The molecule has 2 aromatic rings. The Labute approximate surface area is 115 Å². The number of benzene rings is 2. The average molecular weight is 274 g/mol. The van der Waals surface area contributed by atoms with Crippen molar-refractivity contribution < 1.29 is 25.2 Å². The van der Waals surface area contributed by atoms with Crippen LogP contribution in [0.25, 0.3) is 0 Å². The molecule has 1 unspecified atom stereocenters. The maximum Gasteiger partial charge on any atom is 0.157 e. The summed E-state index contributed by atoms with van der Waals surface area (Å²) in [5.41, 5.74) is 1.40. The van der Waals surface area contributed by atoms with E-state index in [4.69, 9.17) is 4.74 Å². The summed E-state index contributed by atoms with van der Waals surface area (Å²) in [5.74, 6) is 0.0182. The van der Waals surface area contributed by atoms with Crippen LogP contribution in [0.5, 0.6) is 28.7 Å². The Morgan fingerprint density at radius 3 is 2.45 bits per heavy atom. The number of hydrogen-bond donors (Lipinski definition) is 4. The molecule has 2 aromatic carbocycles. The van der Waals surface area contributed by atoms with E-state index in [1.54, 1.807) is 6.07 Å². The number of hydrogen-bond acceptors (Lipinski definition) is 5. The standard InChI is InChI=1S/C15H14O5/c16-9-6-12(18)10-2-4-14(20-15(10)7-9)8-1-3-11(17)13(19)5-8/h1,3,5-7,14,16-19H,2,4H2. The van der Waals surface area contributed by atoms with Crippen LogP contribution in [0, 0.1) is 0 Å². The number of phenolic OH excluding ortho intramolecular Hbond substituents is 4. The molecular formula is C15H14O5. The Hall–Kier alpha value is -2.56. The molecule has 1 heterocycles. The average Bonchev–Trinajstić information content (AvgIpc) is 2.41. The summed E-state index contributed by atoms with van der Waals surface area (Å²) in [7, 11) is 0. The number of aromatic hydroxyl groups is 4. The number of ether oxygens (including phenoxy) is 1. The van der Waals surface area contributed by atoms with Gasteiger partial charge in [-0.25, -0.2) is 0 Å². The summed E-state index contributed by atoms with van der Waals surface area (Å²) in [6.45, 7) is 0. The Morgan fingerprint density at radius 2 is 1.70 bits per heavy atom. The highest BCUT2D eigenvalue weighted by Crippen LogP contribution is 2.42. The molecule has 20 heavy (non-hydrogen) atoms. The molecular weight excluding hydrogens is 260 g/mol. The zero-order valence-corrected chi connectivity index (χ0v) is 10.6. The molecule has 5 heteroatoms. The van der Waals surface area contributed by atoms with Crippen LogP contribution in [-0.2, 0) is 6.42 Å². The lowest BCUT2D eigenvalue weighted by Crippen LogP contribution is -2.15. The zero-order valence-electron chi connectivity index (χ0n) is 10.6. The molecule has 5 nitrogen and oxygen atoms in total. The van der Waals surface area contributed by atoms with E-state index in [2.05, 4.69) is 0 Å². The fraction of sp³-hybridized carbons (Fsp3) is 0.200. The molecule has 0 bridgehead atoms. The van der Waals surface area contributed by atoms with Crippen molar-refractivity contribution in [3.63, 3.8) is 0 Å². The first-order valence-electron chi connectivity index (χ1n) is 6.28. The maximum atomic E-state index is 9.76. The van der Waals surface area contributed by atoms with Gasteiger partial charge in [0.2, 0.25) is 0 Å². The molecule has 0 amide bonds. The second-order valence-corrected chi connectivity index (χ2v) is 4.83. The van der Waals surface area contributed by atoms with Crippen molar-refractivity contribution in [3.05, 3.63) is 41.5 Å². The predicted octanol–water partition coefficient (Wildman–Crippen LogP) is 2.58. The van der Waals surface area contributed by atoms with Gasteiger partial charge in [-0.3, -0.25) is 0 Å². The molecule has 0 radical (unpaired) electrons. The van der Waals surface area contributed by atoms with E-state index >= 15 is 0 Å². The zero-order chi connectivity index (χ0) is 14.3. The SMILES string of the molecule is Oc1cc(O)c2c(c1)OC(c1ccc(O)c(O)c1)CC2. The Kier molecular flexibility index (Phi) is 2.82. The largest absolute Gasteiger partial charge is 0.508 e. The third-order valence-electron chi connectivity index (χ3n) is 3.47. The van der Waals surface area contributed by atoms with Crippen molar-refractivity contribution in [1.29, 1.82) is 0 Å². The van der Waals surface area contributed by atoms with Crippen LogP contribution in [0.15, 0.2) is 30.3 Å². The van der Waals surface area contributed by atoms with Gasteiger partial charge in [0.05, 0.1) is 0 Å². The number of phenols is 4. The molecule has 0 aliphatic carbocycles. The predicted molar refractivity (Wildman–Crippen MR) is 71.2 cm³/mol. The van der Waals surface area contributed by atoms with Gasteiger partial charge >= 0.3 is 0 Å². The summed E-state index contributed by atoms with van der Waals surface area (Å²) < 4.78 is 5.76. The van der Waals surface area contributed by atoms with Crippen molar-refractivity contribution in [2.75, 3.05) is 0 Å². The summed E-state index contributed by atoms with van der Waals surface area (Å²) >= 11 is 0. The van der Waals surface area contributed by atoms with Gasteiger partial charge in [0.25, 0.3) is 0 Å². The minimum absolute atomic E-state index is 0.0204. The molecule has 0 saturated heterocycles. The molecule has 3 rings (SSSR count). The summed E-state index contributed by atoms with van der Waals surface area (Å²) in [6, 6.07) is 7.28. The van der Waals surface area contributed by atoms with Gasteiger partial charge in [-0.1, -0.05) is 6.07 Å². The monoisotopic (exact) mass is 274 g/mol. The maximum absolute atomic E-state index is 9.76. The van der Waals surface area contributed by atoms with Gasteiger partial charge in [0, 0.05) is 17.7 Å². The van der Waals surface area contributed by atoms with Crippen LogP contribution in [-0.4, -0.2) is 20.4 Å². The lowest BCUT2D eigenvalue weighted by atomic mass is 9.96. The fourth-order valence-corrected chi connectivity index (χ4v) is 2.44. The molecule has 0 fully saturated rings. The van der Waals surface area contributed by atoms with E-state index in [-0.39, 0.29) is 29.1 Å². The van der Waals surface area contributed by atoms with Gasteiger partial charge in [-0.05, 0) is 30.5 Å². The van der Waals surface area contributed by atoms with Crippen molar-refractivity contribution in [3.8, 4) is 28.7 Å². The minimum atomic E-state index is -0.296. The lowest BCUT2D eigenvalue weighted by molar-refractivity contribution is 0.173. The minimum Gasteiger partial charge on any atom is -0.508 e. The van der Waals surface area contributed by atoms with Crippen molar-refractivity contribution in [2.24, 2.45) is 0 Å². The molecule has 0 spiro atoms. The van der Waals surface area contributed by atoms with Crippen LogP contribution in [0.1, 0.15) is 23.7 Å². The van der Waals surface area contributed by atoms with Crippen LogP contribution in [0.2, 0.25) is 0 Å². The first-order valence-corrected chi connectivity index (χ1v) is 6.28. The Bertz CT molecular complexity index is 666.